The highest BCUT2D eigenvalue weighted by atomic mass is 16.6. The summed E-state index contributed by atoms with van der Waals surface area (Å²) in [7, 11) is 0. The van der Waals surface area contributed by atoms with Crippen molar-refractivity contribution in [1.82, 2.24) is 10.2 Å². The normalized spacial score (nSPS) is 27.9. The molecule has 1 aliphatic heterocycles. The van der Waals surface area contributed by atoms with E-state index >= 15 is 0 Å². The molecule has 0 aromatic carbocycles. The number of piperidine rings is 1. The molecule has 3 atom stereocenters. The predicted octanol–water partition coefficient (Wildman–Crippen LogP) is 5.36. The van der Waals surface area contributed by atoms with Crippen molar-refractivity contribution < 1.29 is 9.53 Å². The van der Waals surface area contributed by atoms with E-state index in [-0.39, 0.29) is 12.1 Å². The molecule has 0 spiro atoms. The van der Waals surface area contributed by atoms with Gasteiger partial charge < -0.3 is 15.0 Å². The van der Waals surface area contributed by atoms with Gasteiger partial charge in [0, 0.05) is 19.1 Å². The summed E-state index contributed by atoms with van der Waals surface area (Å²) >= 11 is 0. The quantitative estimate of drug-likeness (QED) is 0.617. The van der Waals surface area contributed by atoms with Crippen molar-refractivity contribution >= 4 is 6.09 Å². The van der Waals surface area contributed by atoms with Gasteiger partial charge in [-0.15, -0.1) is 0 Å². The molecule has 0 bridgehead atoms. The van der Waals surface area contributed by atoms with Gasteiger partial charge in [0.2, 0.25) is 0 Å². The maximum Gasteiger partial charge on any atom is 0.407 e. The van der Waals surface area contributed by atoms with Crippen LogP contribution in [0.4, 0.5) is 4.79 Å². The van der Waals surface area contributed by atoms with Gasteiger partial charge in [-0.1, -0.05) is 39.0 Å². The van der Waals surface area contributed by atoms with E-state index in [1.807, 2.05) is 20.8 Å². The van der Waals surface area contributed by atoms with E-state index in [4.69, 9.17) is 4.74 Å². The van der Waals surface area contributed by atoms with Crippen molar-refractivity contribution in [2.45, 2.75) is 104 Å². The van der Waals surface area contributed by atoms with Crippen LogP contribution in [0, 0.1) is 11.8 Å². The molecule has 26 heavy (non-hydrogen) atoms. The second-order valence-electron chi connectivity index (χ2n) is 9.56. The first-order valence-electron chi connectivity index (χ1n) is 11.1. The van der Waals surface area contributed by atoms with Crippen molar-refractivity contribution in [3.05, 3.63) is 0 Å². The molecule has 1 heterocycles. The maximum atomic E-state index is 12.2. The van der Waals surface area contributed by atoms with Crippen LogP contribution in [0.15, 0.2) is 0 Å². The Morgan fingerprint density at radius 1 is 1.12 bits per heavy atom. The summed E-state index contributed by atoms with van der Waals surface area (Å²) in [5.74, 6) is 1.46. The van der Waals surface area contributed by atoms with E-state index in [9.17, 15) is 4.79 Å². The van der Waals surface area contributed by atoms with Crippen LogP contribution >= 0.6 is 0 Å². The maximum absolute atomic E-state index is 12.2. The number of likely N-dealkylation sites (tertiary alicyclic amines) is 1. The van der Waals surface area contributed by atoms with E-state index in [2.05, 4.69) is 17.1 Å². The molecule has 1 aliphatic carbocycles. The van der Waals surface area contributed by atoms with Crippen molar-refractivity contribution in [1.29, 1.82) is 0 Å². The lowest BCUT2D eigenvalue weighted by atomic mass is 9.83. The molecule has 4 heteroatoms. The van der Waals surface area contributed by atoms with Gasteiger partial charge in [-0.05, 0) is 71.3 Å². The van der Waals surface area contributed by atoms with Crippen LogP contribution in [0.5, 0.6) is 0 Å². The lowest BCUT2D eigenvalue weighted by Gasteiger charge is -2.39. The Morgan fingerprint density at radius 2 is 1.88 bits per heavy atom. The molecule has 2 fully saturated rings. The number of hydrogen-bond acceptors (Lipinski definition) is 3. The molecule has 2 aliphatic rings. The van der Waals surface area contributed by atoms with Crippen molar-refractivity contribution in [3.63, 3.8) is 0 Å². The Bertz CT molecular complexity index is 419. The zero-order valence-electron chi connectivity index (χ0n) is 17.7. The summed E-state index contributed by atoms with van der Waals surface area (Å²) in [5, 5.41) is 3.18. The first-order chi connectivity index (χ1) is 12.4. The fourth-order valence-electron chi connectivity index (χ4n) is 4.64. The lowest BCUT2D eigenvalue weighted by Crippen LogP contribution is -2.49. The van der Waals surface area contributed by atoms with Crippen molar-refractivity contribution in [3.8, 4) is 0 Å². The Morgan fingerprint density at radius 3 is 2.62 bits per heavy atom. The second-order valence-corrected chi connectivity index (χ2v) is 9.56. The number of nitrogens with zero attached hydrogens (tertiary/aromatic N) is 1. The zero-order valence-corrected chi connectivity index (χ0v) is 17.7. The minimum absolute atomic E-state index is 0.245. The monoisotopic (exact) mass is 366 g/mol. The van der Waals surface area contributed by atoms with Crippen LogP contribution in [0.3, 0.4) is 0 Å². The number of rotatable bonds is 7. The number of ether oxygens (including phenoxy) is 1. The lowest BCUT2D eigenvalue weighted by molar-refractivity contribution is 0.0443. The van der Waals surface area contributed by atoms with Crippen LogP contribution in [0.25, 0.3) is 0 Å². The SMILES string of the molecule is CCCCCC1CCCN(C[C@@H]2CCCC[C@@H]2NC(=O)OC(C)(C)C)C1. The Kier molecular flexibility index (Phi) is 8.72. The van der Waals surface area contributed by atoms with E-state index < -0.39 is 5.60 Å². The van der Waals surface area contributed by atoms with Gasteiger partial charge in [0.05, 0.1) is 0 Å². The van der Waals surface area contributed by atoms with E-state index in [1.165, 1.54) is 70.9 Å². The first kappa shape index (κ1) is 21.5. The number of carbonyl (C=O) groups is 1. The summed E-state index contributed by atoms with van der Waals surface area (Å²) in [4.78, 5) is 14.9. The summed E-state index contributed by atoms with van der Waals surface area (Å²) in [6.07, 6.45) is 12.8. The average Bonchev–Trinajstić information content (AvgIpc) is 2.56. The third-order valence-electron chi connectivity index (χ3n) is 5.92. The van der Waals surface area contributed by atoms with Gasteiger partial charge in [0.1, 0.15) is 5.60 Å². The van der Waals surface area contributed by atoms with Gasteiger partial charge in [0.25, 0.3) is 0 Å². The minimum atomic E-state index is -0.424. The third kappa shape index (κ3) is 7.85. The number of nitrogens with one attached hydrogen (secondary N) is 1. The highest BCUT2D eigenvalue weighted by Gasteiger charge is 2.31. The second kappa shape index (κ2) is 10.5. The zero-order chi connectivity index (χ0) is 19.0. The molecule has 1 saturated heterocycles. The van der Waals surface area contributed by atoms with Crippen LogP contribution < -0.4 is 5.32 Å². The number of hydrogen-bond donors (Lipinski definition) is 1. The Balaban J connectivity index is 1.82. The van der Waals surface area contributed by atoms with Gasteiger partial charge in [0.15, 0.2) is 0 Å². The summed E-state index contributed by atoms with van der Waals surface area (Å²) in [5.41, 5.74) is -0.424. The van der Waals surface area contributed by atoms with Gasteiger partial charge >= 0.3 is 6.09 Å². The fourth-order valence-corrected chi connectivity index (χ4v) is 4.64. The van der Waals surface area contributed by atoms with Crippen LogP contribution in [-0.2, 0) is 4.74 Å². The summed E-state index contributed by atoms with van der Waals surface area (Å²) < 4.78 is 5.49. The van der Waals surface area contributed by atoms with Gasteiger partial charge in [-0.2, -0.15) is 0 Å². The number of amides is 1. The number of unbranched alkanes of at least 4 members (excludes halogenated alkanes) is 2. The molecule has 1 unspecified atom stereocenters. The molecule has 4 nitrogen and oxygen atoms in total. The number of alkyl carbamates (subject to hydrolysis) is 1. The van der Waals surface area contributed by atoms with Crippen molar-refractivity contribution in [2.24, 2.45) is 11.8 Å². The van der Waals surface area contributed by atoms with Crippen molar-refractivity contribution in [2.75, 3.05) is 19.6 Å². The molecule has 152 valence electrons. The summed E-state index contributed by atoms with van der Waals surface area (Å²) in [6, 6.07) is 0.277. The first-order valence-corrected chi connectivity index (χ1v) is 11.1. The molecular weight excluding hydrogens is 324 g/mol. The molecule has 1 amide bonds. The molecule has 0 aromatic heterocycles. The molecule has 0 aromatic rings. The van der Waals surface area contributed by atoms with Crippen LogP contribution in [0.2, 0.25) is 0 Å². The highest BCUT2D eigenvalue weighted by Crippen LogP contribution is 2.28. The molecule has 1 saturated carbocycles. The standard InChI is InChI=1S/C22H42N2O2/c1-5-6-7-11-18-12-10-15-24(16-18)17-19-13-8-9-14-20(19)23-21(25)26-22(2,3)4/h18-20H,5-17H2,1-4H3,(H,23,25)/t18?,19-,20-/m0/s1. The van der Waals surface area contributed by atoms with Crippen LogP contribution in [-0.4, -0.2) is 42.3 Å². The topological polar surface area (TPSA) is 41.6 Å². The molecule has 1 N–H and O–H groups in total. The summed E-state index contributed by atoms with van der Waals surface area (Å²) in [6.45, 7) is 11.7. The average molecular weight is 367 g/mol. The van der Waals surface area contributed by atoms with E-state index in [0.717, 1.165) is 18.9 Å². The Hall–Kier alpha value is -0.770. The third-order valence-corrected chi connectivity index (χ3v) is 5.92. The van der Waals surface area contributed by atoms with Gasteiger partial charge in [-0.25, -0.2) is 4.79 Å². The predicted molar refractivity (Wildman–Crippen MR) is 108 cm³/mol. The van der Waals surface area contributed by atoms with Crippen LogP contribution in [0.1, 0.15) is 91.9 Å². The number of carbonyl (C=O) groups excluding carboxylic acids is 1. The molecule has 2 rings (SSSR count). The largest absolute Gasteiger partial charge is 0.444 e. The minimum Gasteiger partial charge on any atom is -0.444 e. The fraction of sp³-hybridized carbons (Fsp3) is 0.955. The van der Waals surface area contributed by atoms with E-state index in [1.54, 1.807) is 0 Å². The smallest absolute Gasteiger partial charge is 0.407 e. The van der Waals surface area contributed by atoms with Gasteiger partial charge in [-0.3, -0.25) is 0 Å². The molecular formula is C22H42N2O2. The van der Waals surface area contributed by atoms with E-state index in [0.29, 0.717) is 5.92 Å². The Labute approximate surface area is 161 Å². The molecule has 0 radical (unpaired) electrons. The highest BCUT2D eigenvalue weighted by molar-refractivity contribution is 5.68.